The minimum absolute atomic E-state index is 0.0944. The number of benzene rings is 1. The SMILES string of the molecule is Cn1cc(-n2ccc(=O)c(Cc3cccc(C4=NCC(OC5CCC6(CC5)OCCO6)=CN4)c3)n2)cn1. The standard InChI is InChI=1S/C27H30N6O4/c1-32-18-21(15-30-32)33-10-7-25(34)24(31-33)14-19-3-2-4-20(13-19)26-28-16-23(17-29-26)37-22-5-8-27(9-6-22)35-11-12-36-27/h2-4,7,10,13,15-16,18,22H,5-6,8-9,11-12,14,17H2,1H3,(H,28,29). The van der Waals surface area contributed by atoms with Gasteiger partial charge in [-0.1, -0.05) is 18.2 Å². The topological polar surface area (TPSA) is 105 Å². The van der Waals surface area contributed by atoms with E-state index >= 15 is 0 Å². The van der Waals surface area contributed by atoms with Crippen molar-refractivity contribution in [2.75, 3.05) is 19.8 Å². The lowest BCUT2D eigenvalue weighted by atomic mass is 9.92. The molecule has 4 heterocycles. The van der Waals surface area contributed by atoms with Crippen molar-refractivity contribution in [2.45, 2.75) is 44.0 Å². The molecule has 192 valence electrons. The molecule has 0 unspecified atom stereocenters. The minimum Gasteiger partial charge on any atom is -0.491 e. The number of nitrogens with zero attached hydrogens (tertiary/aromatic N) is 5. The molecule has 0 atom stereocenters. The van der Waals surface area contributed by atoms with E-state index in [2.05, 4.69) is 15.5 Å². The number of hydrogen-bond acceptors (Lipinski definition) is 8. The quantitative estimate of drug-likeness (QED) is 0.552. The first-order chi connectivity index (χ1) is 18.1. The summed E-state index contributed by atoms with van der Waals surface area (Å²) >= 11 is 0. The van der Waals surface area contributed by atoms with Crippen molar-refractivity contribution in [1.29, 1.82) is 0 Å². The van der Waals surface area contributed by atoms with Crippen LogP contribution in [-0.2, 0) is 27.7 Å². The van der Waals surface area contributed by atoms with Crippen LogP contribution in [0.15, 0.2) is 70.7 Å². The van der Waals surface area contributed by atoms with E-state index < -0.39 is 0 Å². The Morgan fingerprint density at radius 3 is 2.76 bits per heavy atom. The number of nitrogens with one attached hydrogen (secondary N) is 1. The van der Waals surface area contributed by atoms with Gasteiger partial charge in [-0.3, -0.25) is 14.5 Å². The molecule has 1 N–H and O–H groups in total. The predicted molar refractivity (Wildman–Crippen MR) is 136 cm³/mol. The number of amidine groups is 1. The average molecular weight is 503 g/mol. The average Bonchev–Trinajstić information content (AvgIpc) is 3.57. The van der Waals surface area contributed by atoms with Gasteiger partial charge in [0, 0.05) is 50.3 Å². The molecular weight excluding hydrogens is 472 g/mol. The molecule has 3 aromatic rings. The highest BCUT2D eigenvalue weighted by Gasteiger charge is 2.41. The van der Waals surface area contributed by atoms with Crippen LogP contribution in [0.1, 0.15) is 42.5 Å². The van der Waals surface area contributed by atoms with Crippen LogP contribution in [-0.4, -0.2) is 57.0 Å². The Balaban J connectivity index is 1.08. The van der Waals surface area contributed by atoms with E-state index in [0.29, 0.717) is 31.9 Å². The highest BCUT2D eigenvalue weighted by molar-refractivity contribution is 6.00. The molecule has 1 spiro atoms. The molecule has 0 bridgehead atoms. The highest BCUT2D eigenvalue weighted by Crippen LogP contribution is 2.37. The van der Waals surface area contributed by atoms with Crippen LogP contribution in [0.5, 0.6) is 0 Å². The van der Waals surface area contributed by atoms with Crippen LogP contribution in [0.2, 0.25) is 0 Å². The van der Waals surface area contributed by atoms with Gasteiger partial charge in [-0.05, 0) is 24.5 Å². The number of ether oxygens (including phenoxy) is 3. The summed E-state index contributed by atoms with van der Waals surface area (Å²) < 4.78 is 21.2. The molecular formula is C27H30N6O4. The molecule has 37 heavy (non-hydrogen) atoms. The summed E-state index contributed by atoms with van der Waals surface area (Å²) in [6, 6.07) is 9.55. The number of aliphatic imine (C=N–C) groups is 1. The van der Waals surface area contributed by atoms with Gasteiger partial charge in [0.25, 0.3) is 0 Å². The van der Waals surface area contributed by atoms with Gasteiger partial charge < -0.3 is 19.5 Å². The van der Waals surface area contributed by atoms with Crippen LogP contribution in [0, 0.1) is 0 Å². The third-order valence-corrected chi connectivity index (χ3v) is 7.00. The largest absolute Gasteiger partial charge is 0.491 e. The van der Waals surface area contributed by atoms with Crippen molar-refractivity contribution in [3.63, 3.8) is 0 Å². The van der Waals surface area contributed by atoms with E-state index in [0.717, 1.165) is 54.1 Å². The first-order valence-electron chi connectivity index (χ1n) is 12.7. The molecule has 1 saturated heterocycles. The first-order valence-corrected chi connectivity index (χ1v) is 12.7. The van der Waals surface area contributed by atoms with Crippen LogP contribution < -0.4 is 10.7 Å². The van der Waals surface area contributed by atoms with Gasteiger partial charge in [0.05, 0.1) is 31.7 Å². The lowest BCUT2D eigenvalue weighted by molar-refractivity contribution is -0.189. The summed E-state index contributed by atoms with van der Waals surface area (Å²) in [7, 11) is 1.84. The summed E-state index contributed by atoms with van der Waals surface area (Å²) in [5.74, 6) is 1.23. The Hall–Kier alpha value is -3.76. The van der Waals surface area contributed by atoms with E-state index in [4.69, 9.17) is 19.2 Å². The smallest absolute Gasteiger partial charge is 0.203 e. The molecule has 0 amide bonds. The fraction of sp³-hybridized carbons (Fsp3) is 0.407. The number of aromatic nitrogens is 4. The normalized spacial score (nSPS) is 19.4. The van der Waals surface area contributed by atoms with Crippen molar-refractivity contribution in [2.24, 2.45) is 12.0 Å². The van der Waals surface area contributed by atoms with Gasteiger partial charge in [-0.2, -0.15) is 10.2 Å². The van der Waals surface area contributed by atoms with Crippen LogP contribution >= 0.6 is 0 Å². The minimum atomic E-state index is -0.378. The van der Waals surface area contributed by atoms with E-state index in [9.17, 15) is 4.79 Å². The predicted octanol–water partition coefficient (Wildman–Crippen LogP) is 2.45. The number of hydrogen-bond donors (Lipinski definition) is 1. The Morgan fingerprint density at radius 2 is 2.03 bits per heavy atom. The molecule has 0 radical (unpaired) electrons. The second kappa shape index (κ2) is 9.95. The molecule has 6 rings (SSSR count). The van der Waals surface area contributed by atoms with Gasteiger partial charge in [0.15, 0.2) is 5.79 Å². The maximum absolute atomic E-state index is 12.5. The van der Waals surface area contributed by atoms with E-state index in [1.807, 2.05) is 43.7 Å². The van der Waals surface area contributed by atoms with Crippen LogP contribution in [0.4, 0.5) is 0 Å². The molecule has 3 aliphatic rings. The van der Waals surface area contributed by atoms with Crippen LogP contribution in [0.3, 0.4) is 0 Å². The Bertz CT molecular complexity index is 1390. The van der Waals surface area contributed by atoms with Crippen LogP contribution in [0.25, 0.3) is 5.69 Å². The third-order valence-electron chi connectivity index (χ3n) is 7.00. The zero-order chi connectivity index (χ0) is 25.2. The molecule has 2 fully saturated rings. The van der Waals surface area contributed by atoms with Crippen molar-refractivity contribution in [1.82, 2.24) is 24.9 Å². The van der Waals surface area contributed by atoms with E-state index in [1.54, 1.807) is 21.8 Å². The molecule has 10 heteroatoms. The maximum atomic E-state index is 12.5. The van der Waals surface area contributed by atoms with Crippen molar-refractivity contribution >= 4 is 5.84 Å². The van der Waals surface area contributed by atoms with Gasteiger partial charge in [-0.25, -0.2) is 4.68 Å². The lowest BCUT2D eigenvalue weighted by Gasteiger charge is -2.35. The van der Waals surface area contributed by atoms with Crippen molar-refractivity contribution < 1.29 is 14.2 Å². The third kappa shape index (κ3) is 5.21. The highest BCUT2D eigenvalue weighted by atomic mass is 16.7. The van der Waals surface area contributed by atoms with Gasteiger partial charge in [0.2, 0.25) is 5.43 Å². The second-order valence-corrected chi connectivity index (χ2v) is 9.67. The molecule has 1 aliphatic carbocycles. The second-order valence-electron chi connectivity index (χ2n) is 9.67. The van der Waals surface area contributed by atoms with Gasteiger partial charge in [-0.15, -0.1) is 0 Å². The summed E-state index contributed by atoms with van der Waals surface area (Å²) in [5.41, 5.74) is 3.11. The molecule has 10 nitrogen and oxygen atoms in total. The lowest BCUT2D eigenvalue weighted by Crippen LogP contribution is -2.38. The van der Waals surface area contributed by atoms with Gasteiger partial charge in [0.1, 0.15) is 29.5 Å². The maximum Gasteiger partial charge on any atom is 0.203 e. The zero-order valence-electron chi connectivity index (χ0n) is 20.8. The zero-order valence-corrected chi connectivity index (χ0v) is 20.8. The van der Waals surface area contributed by atoms with Gasteiger partial charge >= 0.3 is 0 Å². The Kier molecular flexibility index (Phi) is 6.35. The monoisotopic (exact) mass is 502 g/mol. The molecule has 2 aliphatic heterocycles. The van der Waals surface area contributed by atoms with E-state index in [1.165, 1.54) is 6.07 Å². The number of aryl methyl sites for hydroxylation is 1. The Labute approximate surface area is 214 Å². The Morgan fingerprint density at radius 1 is 1.19 bits per heavy atom. The summed E-state index contributed by atoms with van der Waals surface area (Å²) in [6.07, 6.45) is 11.2. The van der Waals surface area contributed by atoms with Crippen molar-refractivity contribution in [3.8, 4) is 5.69 Å². The number of rotatable bonds is 6. The molecule has 1 saturated carbocycles. The van der Waals surface area contributed by atoms with Crippen molar-refractivity contribution in [3.05, 3.63) is 87.9 Å². The fourth-order valence-electron chi connectivity index (χ4n) is 5.05. The van der Waals surface area contributed by atoms with E-state index in [-0.39, 0.29) is 17.3 Å². The summed E-state index contributed by atoms with van der Waals surface area (Å²) in [5, 5.41) is 12.0. The molecule has 2 aromatic heterocycles. The summed E-state index contributed by atoms with van der Waals surface area (Å²) in [4.78, 5) is 17.2. The molecule has 1 aromatic carbocycles. The fourth-order valence-corrected chi connectivity index (χ4v) is 5.05. The summed E-state index contributed by atoms with van der Waals surface area (Å²) in [6.45, 7) is 1.85. The first kappa shape index (κ1) is 23.6.